The van der Waals surface area contributed by atoms with Crippen LogP contribution in [-0.2, 0) is 4.79 Å². The van der Waals surface area contributed by atoms with Crippen LogP contribution in [0.5, 0.6) is 0 Å². The molecule has 2 heterocycles. The number of hydrogen-bond donors (Lipinski definition) is 1. The number of furan rings is 1. The van der Waals surface area contributed by atoms with Crippen molar-refractivity contribution in [2.24, 2.45) is 0 Å². The highest BCUT2D eigenvalue weighted by Crippen LogP contribution is 2.21. The zero-order valence-corrected chi connectivity index (χ0v) is 18.1. The Morgan fingerprint density at radius 3 is 2.53 bits per heavy atom. The Morgan fingerprint density at radius 1 is 1.17 bits per heavy atom. The van der Waals surface area contributed by atoms with Crippen molar-refractivity contribution in [2.75, 3.05) is 19.6 Å². The van der Waals surface area contributed by atoms with E-state index in [-0.39, 0.29) is 11.9 Å². The summed E-state index contributed by atoms with van der Waals surface area (Å²) in [5.74, 6) is 0.726. The second-order valence-electron chi connectivity index (χ2n) is 7.16. The van der Waals surface area contributed by atoms with Crippen molar-refractivity contribution >= 4 is 12.0 Å². The summed E-state index contributed by atoms with van der Waals surface area (Å²) < 4.78 is 7.50. The number of rotatable bonds is 9. The van der Waals surface area contributed by atoms with Gasteiger partial charge in [0, 0.05) is 23.9 Å². The van der Waals surface area contributed by atoms with E-state index in [1.807, 2.05) is 67.1 Å². The van der Waals surface area contributed by atoms with Gasteiger partial charge in [-0.15, -0.1) is 0 Å². The van der Waals surface area contributed by atoms with Gasteiger partial charge in [-0.05, 0) is 57.3 Å². The van der Waals surface area contributed by atoms with Crippen molar-refractivity contribution in [3.05, 3.63) is 77.5 Å². The summed E-state index contributed by atoms with van der Waals surface area (Å²) in [5, 5.41) is 7.64. The van der Waals surface area contributed by atoms with Crippen molar-refractivity contribution in [1.82, 2.24) is 20.0 Å². The monoisotopic (exact) mass is 406 g/mol. The molecular weight excluding hydrogens is 376 g/mol. The summed E-state index contributed by atoms with van der Waals surface area (Å²) in [6.07, 6.45) is 5.09. The van der Waals surface area contributed by atoms with Gasteiger partial charge in [-0.3, -0.25) is 9.69 Å². The molecule has 0 fully saturated rings. The number of hydrogen-bond acceptors (Lipinski definition) is 4. The molecule has 6 heteroatoms. The van der Waals surface area contributed by atoms with Gasteiger partial charge in [-0.1, -0.05) is 32.0 Å². The smallest absolute Gasteiger partial charge is 0.244 e. The Morgan fingerprint density at radius 2 is 1.90 bits per heavy atom. The van der Waals surface area contributed by atoms with Crippen LogP contribution in [0.4, 0.5) is 0 Å². The molecule has 3 rings (SSSR count). The van der Waals surface area contributed by atoms with Crippen LogP contribution in [0.3, 0.4) is 0 Å². The van der Waals surface area contributed by atoms with Crippen LogP contribution in [0.25, 0.3) is 11.8 Å². The van der Waals surface area contributed by atoms with Crippen LogP contribution >= 0.6 is 0 Å². The van der Waals surface area contributed by atoms with Gasteiger partial charge < -0.3 is 9.73 Å². The molecule has 30 heavy (non-hydrogen) atoms. The zero-order valence-electron chi connectivity index (χ0n) is 18.1. The fraction of sp³-hybridized carbons (Fsp3) is 0.333. The average Bonchev–Trinajstić information content (AvgIpc) is 3.39. The Hall–Kier alpha value is -3.12. The highest BCUT2D eigenvalue weighted by Gasteiger charge is 2.21. The number of amides is 1. The molecule has 0 spiro atoms. The van der Waals surface area contributed by atoms with Crippen molar-refractivity contribution in [2.45, 2.75) is 33.7 Å². The lowest BCUT2D eigenvalue weighted by Gasteiger charge is -2.28. The van der Waals surface area contributed by atoms with Gasteiger partial charge in [0.15, 0.2) is 0 Å². The molecule has 1 atom stereocenters. The van der Waals surface area contributed by atoms with Crippen molar-refractivity contribution in [1.29, 1.82) is 0 Å². The topological polar surface area (TPSA) is 63.3 Å². The molecule has 3 aromatic rings. The van der Waals surface area contributed by atoms with Crippen LogP contribution in [0.15, 0.2) is 59.2 Å². The van der Waals surface area contributed by atoms with E-state index in [1.54, 1.807) is 12.3 Å². The summed E-state index contributed by atoms with van der Waals surface area (Å²) in [7, 11) is 0. The van der Waals surface area contributed by atoms with Crippen LogP contribution < -0.4 is 5.32 Å². The lowest BCUT2D eigenvalue weighted by molar-refractivity contribution is -0.116. The number of aryl methyl sites for hydroxylation is 1. The Labute approximate surface area is 178 Å². The number of nitrogens with zero attached hydrogens (tertiary/aromatic N) is 3. The minimum atomic E-state index is -0.134. The second kappa shape index (κ2) is 10.1. The molecule has 0 aliphatic rings. The largest absolute Gasteiger partial charge is 0.468 e. The molecule has 0 aliphatic carbocycles. The van der Waals surface area contributed by atoms with E-state index in [0.29, 0.717) is 6.54 Å². The van der Waals surface area contributed by atoms with Gasteiger partial charge in [0.2, 0.25) is 5.91 Å². The molecule has 2 aromatic heterocycles. The molecule has 158 valence electrons. The number of para-hydroxylation sites is 1. The van der Waals surface area contributed by atoms with Crippen LogP contribution in [-0.4, -0.2) is 40.2 Å². The lowest BCUT2D eigenvalue weighted by atomic mass is 10.1. The first-order valence-corrected chi connectivity index (χ1v) is 10.4. The maximum Gasteiger partial charge on any atom is 0.244 e. The summed E-state index contributed by atoms with van der Waals surface area (Å²) in [4.78, 5) is 14.8. The Kier molecular flexibility index (Phi) is 7.25. The molecule has 0 saturated carbocycles. The molecule has 0 radical (unpaired) electrons. The zero-order chi connectivity index (χ0) is 21.5. The molecule has 0 bridgehead atoms. The molecule has 1 N–H and O–H groups in total. The predicted molar refractivity (Wildman–Crippen MR) is 119 cm³/mol. The lowest BCUT2D eigenvalue weighted by Crippen LogP contribution is -2.37. The number of carbonyl (C=O) groups excluding carboxylic acids is 1. The highest BCUT2D eigenvalue weighted by atomic mass is 16.3. The van der Waals surface area contributed by atoms with Crippen LogP contribution in [0.1, 0.15) is 42.6 Å². The van der Waals surface area contributed by atoms with Crippen molar-refractivity contribution < 1.29 is 9.21 Å². The molecule has 6 nitrogen and oxygen atoms in total. The van der Waals surface area contributed by atoms with Crippen LogP contribution in [0, 0.1) is 13.8 Å². The van der Waals surface area contributed by atoms with E-state index in [0.717, 1.165) is 41.5 Å². The van der Waals surface area contributed by atoms with Gasteiger partial charge in [-0.2, -0.15) is 5.10 Å². The van der Waals surface area contributed by atoms with Crippen molar-refractivity contribution in [3.8, 4) is 5.69 Å². The fourth-order valence-electron chi connectivity index (χ4n) is 3.69. The standard InChI is InChI=1S/C24H30N4O2/c1-5-27(6-2)22(23-13-10-16-30-23)17-25-24(29)15-14-21-18(3)26-28(19(21)4)20-11-8-7-9-12-20/h7-16,22H,5-6,17H2,1-4H3,(H,25,29)/b15-14+. The second-order valence-corrected chi connectivity index (χ2v) is 7.16. The first-order chi connectivity index (χ1) is 14.5. The molecule has 1 amide bonds. The average molecular weight is 407 g/mol. The Balaban J connectivity index is 1.69. The first-order valence-electron chi connectivity index (χ1n) is 10.4. The van der Waals surface area contributed by atoms with Gasteiger partial charge in [0.05, 0.1) is 23.7 Å². The first kappa shape index (κ1) is 21.6. The Bertz CT molecular complexity index is 970. The van der Waals surface area contributed by atoms with Crippen LogP contribution in [0.2, 0.25) is 0 Å². The molecule has 1 unspecified atom stereocenters. The third-order valence-electron chi connectivity index (χ3n) is 5.34. The third kappa shape index (κ3) is 4.89. The molecular formula is C24H30N4O2. The maximum absolute atomic E-state index is 12.5. The third-order valence-corrected chi connectivity index (χ3v) is 5.34. The fourth-order valence-corrected chi connectivity index (χ4v) is 3.69. The molecule has 1 aromatic carbocycles. The van der Waals surface area contributed by atoms with E-state index in [2.05, 4.69) is 29.2 Å². The van der Waals surface area contributed by atoms with Gasteiger partial charge in [0.25, 0.3) is 0 Å². The summed E-state index contributed by atoms with van der Waals surface area (Å²) in [5.41, 5.74) is 3.85. The van der Waals surface area contributed by atoms with Gasteiger partial charge in [0.1, 0.15) is 5.76 Å². The van der Waals surface area contributed by atoms with E-state index >= 15 is 0 Å². The summed E-state index contributed by atoms with van der Waals surface area (Å²) >= 11 is 0. The summed E-state index contributed by atoms with van der Waals surface area (Å²) in [6.45, 7) is 10.4. The van der Waals surface area contributed by atoms with Crippen molar-refractivity contribution in [3.63, 3.8) is 0 Å². The minimum Gasteiger partial charge on any atom is -0.468 e. The normalized spacial score (nSPS) is 12.6. The predicted octanol–water partition coefficient (Wildman–Crippen LogP) is 4.29. The van der Waals surface area contributed by atoms with Gasteiger partial charge in [-0.25, -0.2) is 4.68 Å². The molecule has 0 saturated heterocycles. The number of likely N-dealkylation sites (N-methyl/N-ethyl adjacent to an activating group) is 1. The summed E-state index contributed by atoms with van der Waals surface area (Å²) in [6, 6.07) is 13.8. The number of benzene rings is 1. The van der Waals surface area contributed by atoms with E-state index < -0.39 is 0 Å². The van der Waals surface area contributed by atoms with Gasteiger partial charge >= 0.3 is 0 Å². The van der Waals surface area contributed by atoms with E-state index in [9.17, 15) is 4.79 Å². The van der Waals surface area contributed by atoms with E-state index in [1.165, 1.54) is 0 Å². The minimum absolute atomic E-state index is 0.0108. The number of carbonyl (C=O) groups is 1. The highest BCUT2D eigenvalue weighted by molar-refractivity contribution is 5.92. The number of aromatic nitrogens is 2. The quantitative estimate of drug-likeness (QED) is 0.538. The van der Waals surface area contributed by atoms with E-state index in [4.69, 9.17) is 4.42 Å². The maximum atomic E-state index is 12.5. The SMILES string of the molecule is CCN(CC)C(CNC(=O)/C=C/c1c(C)nn(-c2ccccc2)c1C)c1ccco1. The molecule has 0 aliphatic heterocycles. The number of nitrogens with one attached hydrogen (secondary N) is 1.